The van der Waals surface area contributed by atoms with Crippen molar-refractivity contribution < 1.29 is 23.4 Å². The van der Waals surface area contributed by atoms with Crippen molar-refractivity contribution >= 4 is 32.5 Å². The van der Waals surface area contributed by atoms with Gasteiger partial charge in [0.25, 0.3) is 15.9 Å². The lowest BCUT2D eigenvalue weighted by Crippen LogP contribution is -2.40. The molecule has 2 aromatic carbocycles. The summed E-state index contributed by atoms with van der Waals surface area (Å²) >= 11 is 0. The molecule has 1 amide bonds. The lowest BCUT2D eigenvalue weighted by Gasteiger charge is -2.24. The van der Waals surface area contributed by atoms with Gasteiger partial charge in [-0.25, -0.2) is 8.42 Å². The van der Waals surface area contributed by atoms with E-state index < -0.39 is 35.2 Å². The highest BCUT2D eigenvalue weighted by Gasteiger charge is 2.30. The average Bonchev–Trinajstić information content (AvgIpc) is 2.72. The molecule has 8 nitrogen and oxygen atoms in total. The van der Waals surface area contributed by atoms with Crippen LogP contribution in [0.2, 0.25) is 0 Å². The second kappa shape index (κ2) is 7.11. The van der Waals surface area contributed by atoms with E-state index in [1.807, 2.05) is 19.1 Å². The molecule has 3 aromatic rings. The summed E-state index contributed by atoms with van der Waals surface area (Å²) in [5.74, 6) is -0.519. The lowest BCUT2D eigenvalue weighted by molar-refractivity contribution is 0.0879. The standard InChI is InChI=1S/C20H19N3O5S/c1-11-7-16-15-8-12(20(26)22-13(9-24)10-25)4-5-17(15)29(27,28)23-19(16)18-14(11)3-2-6-21-18/h2-8,13,23-25H,9-10H2,1H3,(H,22,26). The molecule has 1 aliphatic heterocycles. The number of carbonyl (C=O) groups is 1. The number of carbonyl (C=O) groups excluding carboxylic acids is 1. The number of aliphatic hydroxyl groups excluding tert-OH is 2. The first kappa shape index (κ1) is 19.3. The second-order valence-corrected chi connectivity index (χ2v) is 8.52. The minimum absolute atomic E-state index is 0.0668. The monoisotopic (exact) mass is 413 g/mol. The predicted octanol–water partition coefficient (Wildman–Crippen LogP) is 1.41. The van der Waals surface area contributed by atoms with Crippen molar-refractivity contribution in [3.63, 3.8) is 0 Å². The van der Waals surface area contributed by atoms with Crippen molar-refractivity contribution in [3.8, 4) is 11.1 Å². The lowest BCUT2D eigenvalue weighted by atomic mass is 9.96. The molecule has 150 valence electrons. The van der Waals surface area contributed by atoms with Crippen molar-refractivity contribution in [2.75, 3.05) is 17.9 Å². The van der Waals surface area contributed by atoms with Crippen molar-refractivity contribution in [2.45, 2.75) is 17.9 Å². The molecule has 29 heavy (non-hydrogen) atoms. The molecule has 0 fully saturated rings. The normalized spacial score (nSPS) is 14.2. The number of hydrogen-bond donors (Lipinski definition) is 4. The Bertz CT molecular complexity index is 1240. The summed E-state index contributed by atoms with van der Waals surface area (Å²) in [6.45, 7) is 1.09. The minimum atomic E-state index is -3.84. The van der Waals surface area contributed by atoms with Gasteiger partial charge in [0.2, 0.25) is 0 Å². The number of amides is 1. The van der Waals surface area contributed by atoms with Crippen LogP contribution in [0.1, 0.15) is 15.9 Å². The molecular formula is C20H19N3O5S. The molecule has 0 atom stereocenters. The fourth-order valence-electron chi connectivity index (χ4n) is 3.46. The number of aliphatic hydroxyl groups is 2. The summed E-state index contributed by atoms with van der Waals surface area (Å²) in [5.41, 5.74) is 3.08. The number of fused-ring (bicyclic) bond motifs is 5. The minimum Gasteiger partial charge on any atom is -0.394 e. The Morgan fingerprint density at radius 1 is 1.17 bits per heavy atom. The second-order valence-electron chi connectivity index (χ2n) is 6.87. The average molecular weight is 413 g/mol. The van der Waals surface area contributed by atoms with Crippen molar-refractivity contribution in [2.24, 2.45) is 0 Å². The molecule has 2 heterocycles. The number of aryl methyl sites for hydroxylation is 1. The van der Waals surface area contributed by atoms with E-state index in [0.717, 1.165) is 10.9 Å². The summed E-state index contributed by atoms with van der Waals surface area (Å²) in [7, 11) is -3.84. The number of anilines is 1. The van der Waals surface area contributed by atoms with E-state index in [-0.39, 0.29) is 10.5 Å². The molecule has 1 aliphatic rings. The molecule has 4 rings (SSSR count). The third kappa shape index (κ3) is 3.23. The number of hydrogen-bond acceptors (Lipinski definition) is 6. The Labute approximate surface area is 167 Å². The van der Waals surface area contributed by atoms with Gasteiger partial charge in [-0.1, -0.05) is 6.07 Å². The smallest absolute Gasteiger partial charge is 0.262 e. The van der Waals surface area contributed by atoms with E-state index in [4.69, 9.17) is 0 Å². The first-order valence-electron chi connectivity index (χ1n) is 8.94. The van der Waals surface area contributed by atoms with Gasteiger partial charge < -0.3 is 15.5 Å². The van der Waals surface area contributed by atoms with Crippen LogP contribution in [0.4, 0.5) is 5.69 Å². The Balaban J connectivity index is 1.91. The van der Waals surface area contributed by atoms with Crippen LogP contribution in [0.5, 0.6) is 0 Å². The van der Waals surface area contributed by atoms with Gasteiger partial charge in [0.05, 0.1) is 35.4 Å². The number of rotatable bonds is 4. The van der Waals surface area contributed by atoms with Crippen LogP contribution in [0.15, 0.2) is 47.5 Å². The van der Waals surface area contributed by atoms with Gasteiger partial charge in [-0.15, -0.1) is 0 Å². The fraction of sp³-hybridized carbons (Fsp3) is 0.200. The van der Waals surface area contributed by atoms with E-state index in [9.17, 15) is 23.4 Å². The van der Waals surface area contributed by atoms with Crippen molar-refractivity contribution in [1.82, 2.24) is 10.3 Å². The fourth-order valence-corrected chi connectivity index (χ4v) is 4.75. The Hall–Kier alpha value is -3.01. The van der Waals surface area contributed by atoms with Crippen molar-refractivity contribution in [3.05, 3.63) is 53.7 Å². The molecule has 0 saturated carbocycles. The summed E-state index contributed by atoms with van der Waals surface area (Å²) in [5, 5.41) is 21.7. The molecule has 0 bridgehead atoms. The van der Waals surface area contributed by atoms with E-state index in [2.05, 4.69) is 15.0 Å². The quantitative estimate of drug-likeness (QED) is 0.512. The van der Waals surface area contributed by atoms with Gasteiger partial charge in [-0.05, 0) is 42.8 Å². The first-order chi connectivity index (χ1) is 13.9. The molecule has 0 aliphatic carbocycles. The highest BCUT2D eigenvalue weighted by atomic mass is 32.2. The van der Waals surface area contributed by atoms with E-state index in [0.29, 0.717) is 22.3 Å². The number of aromatic nitrogens is 1. The SMILES string of the molecule is Cc1cc2c(c3ncccc13)NS(=O)(=O)c1ccc(C(=O)NC(CO)CO)cc1-2. The number of sulfonamides is 1. The topological polar surface area (TPSA) is 129 Å². The van der Waals surface area contributed by atoms with Crippen LogP contribution in [0.25, 0.3) is 22.0 Å². The van der Waals surface area contributed by atoms with Crippen LogP contribution in [-0.4, -0.2) is 48.8 Å². The Morgan fingerprint density at radius 2 is 1.93 bits per heavy atom. The zero-order valence-electron chi connectivity index (χ0n) is 15.5. The third-order valence-corrected chi connectivity index (χ3v) is 6.34. The van der Waals surface area contributed by atoms with Crippen LogP contribution >= 0.6 is 0 Å². The maximum atomic E-state index is 12.8. The van der Waals surface area contributed by atoms with Crippen molar-refractivity contribution in [1.29, 1.82) is 0 Å². The molecule has 0 radical (unpaired) electrons. The zero-order valence-corrected chi connectivity index (χ0v) is 16.3. The highest BCUT2D eigenvalue weighted by Crippen LogP contribution is 2.43. The van der Waals surface area contributed by atoms with Crippen LogP contribution in [-0.2, 0) is 10.0 Å². The largest absolute Gasteiger partial charge is 0.394 e. The zero-order chi connectivity index (χ0) is 20.8. The van der Waals surface area contributed by atoms with E-state index in [1.165, 1.54) is 18.2 Å². The van der Waals surface area contributed by atoms with Gasteiger partial charge in [-0.3, -0.25) is 14.5 Å². The summed E-state index contributed by atoms with van der Waals surface area (Å²) < 4.78 is 28.2. The molecule has 0 unspecified atom stereocenters. The molecule has 1 aromatic heterocycles. The summed E-state index contributed by atoms with van der Waals surface area (Å²) in [4.78, 5) is 16.9. The van der Waals surface area contributed by atoms with Crippen LogP contribution in [0, 0.1) is 6.92 Å². The van der Waals surface area contributed by atoms with E-state index >= 15 is 0 Å². The molecule has 0 saturated heterocycles. The van der Waals surface area contributed by atoms with Gasteiger partial charge in [0.15, 0.2) is 0 Å². The highest BCUT2D eigenvalue weighted by molar-refractivity contribution is 7.93. The third-order valence-electron chi connectivity index (χ3n) is 4.93. The van der Waals surface area contributed by atoms with Gasteiger partial charge in [0.1, 0.15) is 0 Å². The maximum Gasteiger partial charge on any atom is 0.262 e. The molecular weight excluding hydrogens is 394 g/mol. The van der Waals surface area contributed by atoms with Gasteiger partial charge in [0, 0.05) is 28.3 Å². The number of nitrogens with one attached hydrogen (secondary N) is 2. The maximum absolute atomic E-state index is 12.8. The summed E-state index contributed by atoms with van der Waals surface area (Å²) in [6, 6.07) is 9.00. The number of benzene rings is 2. The Morgan fingerprint density at radius 3 is 2.66 bits per heavy atom. The van der Waals surface area contributed by atoms with Gasteiger partial charge in [-0.2, -0.15) is 0 Å². The van der Waals surface area contributed by atoms with E-state index in [1.54, 1.807) is 12.3 Å². The number of nitrogens with zero attached hydrogens (tertiary/aromatic N) is 1. The molecule has 0 spiro atoms. The summed E-state index contributed by atoms with van der Waals surface area (Å²) in [6.07, 6.45) is 1.60. The van der Waals surface area contributed by atoms with Gasteiger partial charge >= 0.3 is 0 Å². The number of pyridine rings is 1. The van der Waals surface area contributed by atoms with Crippen LogP contribution < -0.4 is 10.0 Å². The first-order valence-corrected chi connectivity index (χ1v) is 10.4. The molecule has 4 N–H and O–H groups in total. The van der Waals surface area contributed by atoms with Crippen LogP contribution in [0.3, 0.4) is 0 Å². The molecule has 9 heteroatoms. The predicted molar refractivity (Wildman–Crippen MR) is 108 cm³/mol. The Kier molecular flexibility index (Phi) is 4.73.